The van der Waals surface area contributed by atoms with Gasteiger partial charge in [-0.3, -0.25) is 4.79 Å². The Labute approximate surface area is 159 Å². The van der Waals surface area contributed by atoms with E-state index in [1.54, 1.807) is 0 Å². The van der Waals surface area contributed by atoms with Gasteiger partial charge in [0.15, 0.2) is 5.69 Å². The number of likely N-dealkylation sites (N-methyl/N-ethyl adjacent to an activating group) is 1. The molecular formula is C17H20BrFN4O3. The third-order valence-corrected chi connectivity index (χ3v) is 4.53. The second-order valence-corrected chi connectivity index (χ2v) is 6.96. The van der Waals surface area contributed by atoms with E-state index in [1.807, 2.05) is 25.9 Å². The predicted octanol–water partition coefficient (Wildman–Crippen LogP) is 2.21. The summed E-state index contributed by atoms with van der Waals surface area (Å²) in [5.41, 5.74) is 0.352. The second kappa shape index (κ2) is 8.41. The lowest BCUT2D eigenvalue weighted by molar-refractivity contribution is 0.0941. The molecule has 0 saturated carbocycles. The van der Waals surface area contributed by atoms with Crippen molar-refractivity contribution in [2.24, 2.45) is 0 Å². The first-order valence-electron chi connectivity index (χ1n) is 7.86. The number of halogens is 2. The van der Waals surface area contributed by atoms with E-state index in [0.717, 1.165) is 0 Å². The van der Waals surface area contributed by atoms with Gasteiger partial charge in [0.2, 0.25) is 5.75 Å². The first-order chi connectivity index (χ1) is 12.2. The summed E-state index contributed by atoms with van der Waals surface area (Å²) >= 11 is 3.08. The Morgan fingerprint density at radius 2 is 2.04 bits per heavy atom. The lowest BCUT2D eigenvalue weighted by Crippen LogP contribution is -2.28. The van der Waals surface area contributed by atoms with Crippen molar-refractivity contribution in [2.45, 2.75) is 25.9 Å². The third kappa shape index (κ3) is 4.89. The maximum Gasteiger partial charge on any atom is 0.274 e. The molecule has 1 atom stereocenters. The topological polar surface area (TPSA) is 98.6 Å². The van der Waals surface area contributed by atoms with Crippen LogP contribution in [0.1, 0.15) is 28.8 Å². The first-order valence-corrected chi connectivity index (χ1v) is 8.65. The number of hydrogen-bond acceptors (Lipinski definition) is 6. The lowest BCUT2D eigenvalue weighted by Gasteiger charge is -2.19. The number of aromatic nitrogens is 2. The van der Waals surface area contributed by atoms with Crippen LogP contribution in [0.25, 0.3) is 0 Å². The summed E-state index contributed by atoms with van der Waals surface area (Å²) < 4.78 is 13.5. The Hall–Kier alpha value is -2.26. The van der Waals surface area contributed by atoms with Gasteiger partial charge >= 0.3 is 0 Å². The highest BCUT2D eigenvalue weighted by molar-refractivity contribution is 9.10. The molecule has 2 aromatic rings. The number of carbonyl (C=O) groups excluding carboxylic acids is 1. The molecule has 0 spiro atoms. The maximum absolute atomic E-state index is 13.2. The molecule has 1 aromatic carbocycles. The van der Waals surface area contributed by atoms with Gasteiger partial charge in [-0.25, -0.2) is 9.37 Å². The van der Waals surface area contributed by atoms with Crippen LogP contribution >= 0.6 is 15.9 Å². The number of benzene rings is 1. The molecule has 7 nitrogen and oxygen atoms in total. The van der Waals surface area contributed by atoms with Crippen LogP contribution in [0.3, 0.4) is 0 Å². The summed E-state index contributed by atoms with van der Waals surface area (Å²) in [6, 6.07) is 4.42. The normalized spacial score (nSPS) is 12.2. The fraction of sp³-hybridized carbons (Fsp3) is 0.353. The van der Waals surface area contributed by atoms with Gasteiger partial charge in [0.1, 0.15) is 11.6 Å². The molecule has 1 unspecified atom stereocenters. The molecule has 0 aliphatic heterocycles. The van der Waals surface area contributed by atoms with Crippen molar-refractivity contribution >= 4 is 21.8 Å². The van der Waals surface area contributed by atoms with Crippen molar-refractivity contribution in [1.82, 2.24) is 20.2 Å². The number of nitrogens with one attached hydrogen (secondary N) is 1. The zero-order valence-electron chi connectivity index (χ0n) is 14.6. The van der Waals surface area contributed by atoms with Crippen LogP contribution in [-0.4, -0.2) is 51.1 Å². The van der Waals surface area contributed by atoms with E-state index in [-0.39, 0.29) is 28.6 Å². The van der Waals surface area contributed by atoms with Crippen LogP contribution < -0.4 is 5.32 Å². The van der Waals surface area contributed by atoms with Crippen molar-refractivity contribution in [3.05, 3.63) is 45.6 Å². The van der Waals surface area contributed by atoms with Crippen molar-refractivity contribution in [3.63, 3.8) is 0 Å². The third-order valence-electron chi connectivity index (χ3n) is 3.92. The predicted molar refractivity (Wildman–Crippen MR) is 97.5 cm³/mol. The molecule has 1 amide bonds. The Morgan fingerprint density at radius 1 is 1.35 bits per heavy atom. The Bertz CT molecular complexity index is 817. The molecule has 0 fully saturated rings. The monoisotopic (exact) mass is 426 g/mol. The van der Waals surface area contributed by atoms with E-state index in [0.29, 0.717) is 12.0 Å². The Morgan fingerprint density at radius 3 is 2.65 bits per heavy atom. The molecule has 2 rings (SSSR count). The summed E-state index contributed by atoms with van der Waals surface area (Å²) in [5, 5.41) is 22.3. The maximum atomic E-state index is 13.2. The van der Waals surface area contributed by atoms with Crippen molar-refractivity contribution < 1.29 is 19.4 Å². The van der Waals surface area contributed by atoms with Crippen LogP contribution in [0, 0.1) is 5.82 Å². The smallest absolute Gasteiger partial charge is 0.274 e. The average molecular weight is 427 g/mol. The van der Waals surface area contributed by atoms with E-state index in [2.05, 4.69) is 31.2 Å². The van der Waals surface area contributed by atoms with E-state index in [4.69, 9.17) is 0 Å². The van der Waals surface area contributed by atoms with Crippen molar-refractivity contribution in [2.75, 3.05) is 14.1 Å². The van der Waals surface area contributed by atoms with Crippen LogP contribution in [-0.2, 0) is 13.0 Å². The van der Waals surface area contributed by atoms with Gasteiger partial charge < -0.3 is 20.4 Å². The molecule has 140 valence electrons. The zero-order valence-corrected chi connectivity index (χ0v) is 16.2. The summed E-state index contributed by atoms with van der Waals surface area (Å²) in [6.07, 6.45) is 0.395. The van der Waals surface area contributed by atoms with Crippen LogP contribution in [0.5, 0.6) is 11.6 Å². The minimum Gasteiger partial charge on any atom is -0.501 e. The largest absolute Gasteiger partial charge is 0.501 e. The number of nitrogens with zero attached hydrogens (tertiary/aromatic N) is 3. The molecular weight excluding hydrogens is 407 g/mol. The second-order valence-electron chi connectivity index (χ2n) is 6.11. The molecule has 0 saturated heterocycles. The van der Waals surface area contributed by atoms with Gasteiger partial charge in [-0.15, -0.1) is 0 Å². The summed E-state index contributed by atoms with van der Waals surface area (Å²) in [4.78, 5) is 22.2. The number of rotatable bonds is 6. The fourth-order valence-corrected chi connectivity index (χ4v) is 2.53. The summed E-state index contributed by atoms with van der Waals surface area (Å²) in [7, 11) is 3.78. The summed E-state index contributed by atoms with van der Waals surface area (Å²) in [6.45, 7) is 2.05. The van der Waals surface area contributed by atoms with Gasteiger partial charge in [0.05, 0.1) is 4.47 Å². The highest BCUT2D eigenvalue weighted by Crippen LogP contribution is 2.26. The van der Waals surface area contributed by atoms with E-state index < -0.39 is 23.4 Å². The Kier molecular flexibility index (Phi) is 6.49. The van der Waals surface area contributed by atoms with Gasteiger partial charge in [0, 0.05) is 19.0 Å². The summed E-state index contributed by atoms with van der Waals surface area (Å²) in [5.74, 6) is -2.15. The van der Waals surface area contributed by atoms with E-state index in [9.17, 15) is 19.4 Å². The quantitative estimate of drug-likeness (QED) is 0.654. The molecule has 9 heteroatoms. The molecule has 3 N–H and O–H groups in total. The first kappa shape index (κ1) is 20.1. The number of aromatic hydroxyl groups is 2. The Balaban J connectivity index is 2.16. The van der Waals surface area contributed by atoms with Crippen LogP contribution in [0.15, 0.2) is 22.7 Å². The van der Waals surface area contributed by atoms with Gasteiger partial charge in [-0.05, 0) is 54.6 Å². The van der Waals surface area contributed by atoms with Crippen LogP contribution in [0.4, 0.5) is 4.39 Å². The minimum absolute atomic E-state index is 0.0754. The SMILES string of the molecule is CC(Cc1nc(O)c(O)c(C(=O)NCc2ccc(F)c(Br)c2)n1)N(C)C. The number of carbonyl (C=O) groups is 1. The number of amides is 1. The van der Waals surface area contributed by atoms with Crippen molar-refractivity contribution in [3.8, 4) is 11.6 Å². The van der Waals surface area contributed by atoms with Gasteiger partial charge in [-0.2, -0.15) is 4.98 Å². The van der Waals surface area contributed by atoms with E-state index in [1.165, 1.54) is 18.2 Å². The molecule has 1 heterocycles. The minimum atomic E-state index is -0.677. The zero-order chi connectivity index (χ0) is 19.4. The molecule has 0 bridgehead atoms. The van der Waals surface area contributed by atoms with Crippen LogP contribution in [0.2, 0.25) is 0 Å². The average Bonchev–Trinajstić information content (AvgIpc) is 2.58. The standard InChI is InChI=1S/C17H20BrFN4O3/c1-9(23(2)3)6-13-21-14(15(24)17(26)22-13)16(25)20-8-10-4-5-12(19)11(18)7-10/h4-5,7,9,24H,6,8H2,1-3H3,(H,20,25)(H,21,22,26). The lowest BCUT2D eigenvalue weighted by atomic mass is 10.2. The van der Waals surface area contributed by atoms with Gasteiger partial charge in [0.25, 0.3) is 11.8 Å². The molecule has 26 heavy (non-hydrogen) atoms. The molecule has 1 aromatic heterocycles. The van der Waals surface area contributed by atoms with Crippen molar-refractivity contribution in [1.29, 1.82) is 0 Å². The molecule has 0 aliphatic rings. The number of hydrogen-bond donors (Lipinski definition) is 3. The van der Waals surface area contributed by atoms with E-state index >= 15 is 0 Å². The fourth-order valence-electron chi connectivity index (χ4n) is 2.10. The highest BCUT2D eigenvalue weighted by Gasteiger charge is 2.20. The molecule has 0 radical (unpaired) electrons. The highest BCUT2D eigenvalue weighted by atomic mass is 79.9. The molecule has 0 aliphatic carbocycles. The van der Waals surface area contributed by atoms with Gasteiger partial charge in [-0.1, -0.05) is 6.07 Å².